The molecule has 0 atom stereocenters. The second-order valence-corrected chi connectivity index (χ2v) is 8.12. The highest BCUT2D eigenvalue weighted by atomic mass is 32.2. The average Bonchev–Trinajstić information content (AvgIpc) is 2.89. The van der Waals surface area contributed by atoms with Crippen molar-refractivity contribution in [2.75, 3.05) is 13.2 Å². The molecule has 2 aromatic rings. The molecule has 0 bridgehead atoms. The predicted octanol–water partition coefficient (Wildman–Crippen LogP) is 2.09. The van der Waals surface area contributed by atoms with Gasteiger partial charge in [0.15, 0.2) is 0 Å². The highest BCUT2D eigenvalue weighted by Crippen LogP contribution is 2.19. The zero-order valence-electron chi connectivity index (χ0n) is 14.0. The van der Waals surface area contributed by atoms with Crippen molar-refractivity contribution >= 4 is 10.0 Å². The van der Waals surface area contributed by atoms with Gasteiger partial charge in [-0.25, -0.2) is 17.8 Å². The molecular weight excluding hydrogens is 326 g/mol. The second kappa shape index (κ2) is 7.04. The van der Waals surface area contributed by atoms with E-state index in [1.54, 1.807) is 0 Å². The maximum Gasteiger partial charge on any atom is 0.214 e. The molecule has 1 aromatic heterocycles. The fourth-order valence-corrected chi connectivity index (χ4v) is 4.42. The summed E-state index contributed by atoms with van der Waals surface area (Å²) in [4.78, 5) is 0. The van der Waals surface area contributed by atoms with Crippen LogP contribution in [0.2, 0.25) is 0 Å². The number of hydrogen-bond acceptors (Lipinski definition) is 4. The molecule has 24 heavy (non-hydrogen) atoms. The van der Waals surface area contributed by atoms with Gasteiger partial charge in [0, 0.05) is 31.0 Å². The van der Waals surface area contributed by atoms with E-state index in [2.05, 4.69) is 9.82 Å². The molecule has 1 aliphatic heterocycles. The summed E-state index contributed by atoms with van der Waals surface area (Å²) in [6, 6.07) is 9.83. The molecule has 0 aliphatic carbocycles. The van der Waals surface area contributed by atoms with Gasteiger partial charge < -0.3 is 4.74 Å². The van der Waals surface area contributed by atoms with E-state index in [0.717, 1.165) is 22.6 Å². The summed E-state index contributed by atoms with van der Waals surface area (Å²) in [5, 5.41) is 4.19. The number of rotatable bonds is 5. The Morgan fingerprint density at radius 1 is 1.21 bits per heavy atom. The number of sulfonamides is 1. The molecule has 0 unspecified atom stereocenters. The first kappa shape index (κ1) is 17.1. The molecule has 1 aromatic carbocycles. The van der Waals surface area contributed by atoms with Gasteiger partial charge in [-0.15, -0.1) is 0 Å². The molecule has 1 aliphatic rings. The third-order valence-electron chi connectivity index (χ3n) is 4.50. The SMILES string of the molecule is Cc1nn(-c2ccccc2)c(C)c1CNS(=O)(=O)C1CCOCC1. The lowest BCUT2D eigenvalue weighted by molar-refractivity contribution is 0.0981. The number of para-hydroxylation sites is 1. The summed E-state index contributed by atoms with van der Waals surface area (Å²) in [6.45, 7) is 5.16. The standard InChI is InChI=1S/C17H23N3O3S/c1-13-17(12-18-24(21,22)16-8-10-23-11-9-16)14(2)20(19-13)15-6-4-3-5-7-15/h3-7,16,18H,8-12H2,1-2H3. The predicted molar refractivity (Wildman–Crippen MR) is 92.6 cm³/mol. The Morgan fingerprint density at radius 2 is 1.88 bits per heavy atom. The van der Waals surface area contributed by atoms with Crippen LogP contribution in [-0.4, -0.2) is 36.7 Å². The van der Waals surface area contributed by atoms with E-state index in [1.807, 2.05) is 48.9 Å². The van der Waals surface area contributed by atoms with Crippen molar-refractivity contribution < 1.29 is 13.2 Å². The maximum atomic E-state index is 12.5. The summed E-state index contributed by atoms with van der Waals surface area (Å²) in [6.07, 6.45) is 1.10. The van der Waals surface area contributed by atoms with E-state index < -0.39 is 10.0 Å². The largest absolute Gasteiger partial charge is 0.381 e. The Hall–Kier alpha value is -1.70. The van der Waals surface area contributed by atoms with E-state index in [-0.39, 0.29) is 11.8 Å². The Labute approximate surface area is 142 Å². The van der Waals surface area contributed by atoms with Crippen molar-refractivity contribution in [1.82, 2.24) is 14.5 Å². The molecule has 1 saturated heterocycles. The van der Waals surface area contributed by atoms with Gasteiger partial charge >= 0.3 is 0 Å². The van der Waals surface area contributed by atoms with Crippen LogP contribution in [-0.2, 0) is 21.3 Å². The first-order chi connectivity index (χ1) is 11.5. The molecule has 0 spiro atoms. The molecule has 1 fully saturated rings. The van der Waals surface area contributed by atoms with Gasteiger partial charge in [0.2, 0.25) is 10.0 Å². The highest BCUT2D eigenvalue weighted by Gasteiger charge is 2.28. The van der Waals surface area contributed by atoms with Crippen LogP contribution in [0, 0.1) is 13.8 Å². The summed E-state index contributed by atoms with van der Waals surface area (Å²) in [5.74, 6) is 0. The molecule has 130 valence electrons. The molecule has 0 radical (unpaired) electrons. The van der Waals surface area contributed by atoms with Crippen molar-refractivity contribution in [1.29, 1.82) is 0 Å². The number of hydrogen-bond donors (Lipinski definition) is 1. The molecule has 6 nitrogen and oxygen atoms in total. The summed E-state index contributed by atoms with van der Waals surface area (Å²) in [7, 11) is -3.34. The van der Waals surface area contributed by atoms with E-state index in [4.69, 9.17) is 4.74 Å². The third-order valence-corrected chi connectivity index (χ3v) is 6.40. The fraction of sp³-hybridized carbons (Fsp3) is 0.471. The average molecular weight is 349 g/mol. The van der Waals surface area contributed by atoms with Crippen molar-refractivity contribution in [2.24, 2.45) is 0 Å². The zero-order chi connectivity index (χ0) is 17.2. The van der Waals surface area contributed by atoms with E-state index in [0.29, 0.717) is 26.1 Å². The Kier molecular flexibility index (Phi) is 5.03. The van der Waals surface area contributed by atoms with Gasteiger partial charge in [-0.2, -0.15) is 5.10 Å². The van der Waals surface area contributed by atoms with Crippen molar-refractivity contribution in [3.8, 4) is 5.69 Å². The van der Waals surface area contributed by atoms with Crippen LogP contribution < -0.4 is 4.72 Å². The zero-order valence-corrected chi connectivity index (χ0v) is 14.8. The molecule has 0 saturated carbocycles. The van der Waals surface area contributed by atoms with Crippen LogP contribution in [0.25, 0.3) is 5.69 Å². The lowest BCUT2D eigenvalue weighted by Gasteiger charge is -2.22. The number of nitrogens with one attached hydrogen (secondary N) is 1. The fourth-order valence-electron chi connectivity index (χ4n) is 3.03. The van der Waals surface area contributed by atoms with Gasteiger partial charge in [0.05, 0.1) is 16.6 Å². The molecule has 7 heteroatoms. The van der Waals surface area contributed by atoms with E-state index >= 15 is 0 Å². The van der Waals surface area contributed by atoms with Gasteiger partial charge in [-0.1, -0.05) is 18.2 Å². The van der Waals surface area contributed by atoms with Gasteiger partial charge in [0.25, 0.3) is 0 Å². The van der Waals surface area contributed by atoms with E-state index in [9.17, 15) is 8.42 Å². The minimum atomic E-state index is -3.34. The quantitative estimate of drug-likeness (QED) is 0.897. The van der Waals surface area contributed by atoms with Gasteiger partial charge in [-0.05, 0) is 38.8 Å². The minimum absolute atomic E-state index is 0.268. The number of nitrogens with zero attached hydrogens (tertiary/aromatic N) is 2. The van der Waals surface area contributed by atoms with Crippen molar-refractivity contribution in [2.45, 2.75) is 38.5 Å². The van der Waals surface area contributed by atoms with Crippen LogP contribution in [0.5, 0.6) is 0 Å². The Bertz CT molecular complexity index is 794. The number of aromatic nitrogens is 2. The number of benzene rings is 1. The molecule has 0 amide bonds. The monoisotopic (exact) mass is 349 g/mol. The first-order valence-corrected chi connectivity index (χ1v) is 9.70. The first-order valence-electron chi connectivity index (χ1n) is 8.16. The smallest absolute Gasteiger partial charge is 0.214 e. The third kappa shape index (κ3) is 3.53. The molecular formula is C17H23N3O3S. The Morgan fingerprint density at radius 3 is 2.54 bits per heavy atom. The highest BCUT2D eigenvalue weighted by molar-refractivity contribution is 7.90. The van der Waals surface area contributed by atoms with Crippen LogP contribution >= 0.6 is 0 Å². The van der Waals surface area contributed by atoms with Crippen molar-refractivity contribution in [3.63, 3.8) is 0 Å². The Balaban J connectivity index is 1.77. The maximum absolute atomic E-state index is 12.5. The van der Waals surface area contributed by atoms with Crippen LogP contribution in [0.3, 0.4) is 0 Å². The van der Waals surface area contributed by atoms with Crippen LogP contribution in [0.15, 0.2) is 30.3 Å². The minimum Gasteiger partial charge on any atom is -0.381 e. The van der Waals surface area contributed by atoms with Gasteiger partial charge in [-0.3, -0.25) is 0 Å². The number of ether oxygens (including phenoxy) is 1. The summed E-state index contributed by atoms with van der Waals surface area (Å²) >= 11 is 0. The molecule has 3 rings (SSSR count). The number of aryl methyl sites for hydroxylation is 1. The molecule has 2 heterocycles. The normalized spacial score (nSPS) is 16.4. The van der Waals surface area contributed by atoms with E-state index in [1.165, 1.54) is 0 Å². The topological polar surface area (TPSA) is 73.2 Å². The van der Waals surface area contributed by atoms with Gasteiger partial charge in [0.1, 0.15) is 0 Å². The van der Waals surface area contributed by atoms with Crippen LogP contribution in [0.4, 0.5) is 0 Å². The summed E-state index contributed by atoms with van der Waals surface area (Å²) in [5.41, 5.74) is 3.69. The second-order valence-electron chi connectivity index (χ2n) is 6.07. The van der Waals surface area contributed by atoms with Crippen LogP contribution in [0.1, 0.15) is 29.8 Å². The molecule has 1 N–H and O–H groups in total. The summed E-state index contributed by atoms with van der Waals surface area (Å²) < 4.78 is 34.8. The lowest BCUT2D eigenvalue weighted by Crippen LogP contribution is -2.37. The lowest BCUT2D eigenvalue weighted by atomic mass is 10.2. The van der Waals surface area contributed by atoms with Crippen molar-refractivity contribution in [3.05, 3.63) is 47.3 Å².